The maximum Gasteiger partial charge on any atom is 0.338 e. The van der Waals surface area contributed by atoms with Gasteiger partial charge < -0.3 is 14.8 Å². The molecule has 1 N–H and O–H groups in total. The summed E-state index contributed by atoms with van der Waals surface area (Å²) in [5.74, 6) is 1.82. The minimum Gasteiger partial charge on any atom is -0.489 e. The maximum absolute atomic E-state index is 13.1. The van der Waals surface area contributed by atoms with Crippen molar-refractivity contribution in [2.45, 2.75) is 51.4 Å². The predicted octanol–water partition coefficient (Wildman–Crippen LogP) is 6.91. The fourth-order valence-electron chi connectivity index (χ4n) is 3.78. The number of thioether (sulfide) groups is 1. The van der Waals surface area contributed by atoms with Gasteiger partial charge in [-0.3, -0.25) is 0 Å². The van der Waals surface area contributed by atoms with Crippen LogP contribution >= 0.6 is 35.0 Å². The number of carbonyl (C=O) groups is 1. The number of halogens is 2. The molecule has 0 aliphatic carbocycles. The smallest absolute Gasteiger partial charge is 0.338 e. The van der Waals surface area contributed by atoms with Gasteiger partial charge in [0, 0.05) is 27.1 Å². The van der Waals surface area contributed by atoms with E-state index < -0.39 is 6.04 Å². The highest BCUT2D eigenvalue weighted by Gasteiger charge is 2.35. The van der Waals surface area contributed by atoms with Crippen LogP contribution in [0.3, 0.4) is 0 Å². The lowest BCUT2D eigenvalue weighted by Gasteiger charge is -2.28. The van der Waals surface area contributed by atoms with Gasteiger partial charge in [-0.25, -0.2) is 9.48 Å². The first-order chi connectivity index (χ1) is 17.4. The molecule has 4 rings (SSSR count). The number of hydrogen-bond donors (Lipinski definition) is 1. The van der Waals surface area contributed by atoms with Crippen LogP contribution in [0.2, 0.25) is 10.0 Å². The Balaban J connectivity index is 1.61. The second-order valence-corrected chi connectivity index (χ2v) is 10.2. The molecular weight excluding hydrogens is 519 g/mol. The van der Waals surface area contributed by atoms with Gasteiger partial charge in [0.1, 0.15) is 18.4 Å². The van der Waals surface area contributed by atoms with Crippen molar-refractivity contribution in [1.82, 2.24) is 14.8 Å². The van der Waals surface area contributed by atoms with Crippen molar-refractivity contribution in [1.29, 1.82) is 0 Å². The van der Waals surface area contributed by atoms with E-state index in [1.807, 2.05) is 44.2 Å². The first-order valence-electron chi connectivity index (χ1n) is 11.8. The zero-order chi connectivity index (χ0) is 25.7. The van der Waals surface area contributed by atoms with E-state index in [-0.39, 0.29) is 5.97 Å². The van der Waals surface area contributed by atoms with Crippen molar-refractivity contribution in [2.75, 3.05) is 17.7 Å². The van der Waals surface area contributed by atoms with E-state index in [0.717, 1.165) is 29.7 Å². The van der Waals surface area contributed by atoms with Gasteiger partial charge in [0.05, 0.1) is 12.2 Å². The van der Waals surface area contributed by atoms with Crippen LogP contribution in [0.5, 0.6) is 5.75 Å². The van der Waals surface area contributed by atoms with E-state index in [0.29, 0.717) is 51.4 Å². The summed E-state index contributed by atoms with van der Waals surface area (Å²) < 4.78 is 13.2. The van der Waals surface area contributed by atoms with Crippen molar-refractivity contribution >= 4 is 46.9 Å². The molecule has 1 atom stereocenters. The van der Waals surface area contributed by atoms with Gasteiger partial charge in [-0.1, -0.05) is 67.0 Å². The van der Waals surface area contributed by atoms with Gasteiger partial charge in [0.15, 0.2) is 0 Å². The molecule has 0 bridgehead atoms. The number of ether oxygens (including phenoxy) is 2. The van der Waals surface area contributed by atoms with Gasteiger partial charge >= 0.3 is 5.97 Å². The summed E-state index contributed by atoms with van der Waals surface area (Å²) in [5.41, 5.74) is 2.92. The number of hydrogen-bond acceptors (Lipinski definition) is 7. The van der Waals surface area contributed by atoms with Gasteiger partial charge in [0.25, 0.3) is 0 Å². The lowest BCUT2D eigenvalue weighted by Crippen LogP contribution is -2.29. The fraction of sp³-hybridized carbons (Fsp3) is 0.346. The SMILES string of the molecule is CCCOC(=O)C1=C(C)Nc2nc(SCCC)nn2C1c1ccc(OCc2ccc(Cl)cc2Cl)cc1. The molecule has 2 aromatic carbocycles. The Labute approximate surface area is 225 Å². The molecule has 2 heterocycles. The largest absolute Gasteiger partial charge is 0.489 e. The van der Waals surface area contributed by atoms with Crippen molar-refractivity contribution < 1.29 is 14.3 Å². The second kappa shape index (κ2) is 12.0. The monoisotopic (exact) mass is 546 g/mol. The summed E-state index contributed by atoms with van der Waals surface area (Å²) >= 11 is 13.8. The number of allylic oxidation sites excluding steroid dienone is 1. The summed E-state index contributed by atoms with van der Waals surface area (Å²) in [4.78, 5) is 17.7. The summed E-state index contributed by atoms with van der Waals surface area (Å²) in [5, 5.41) is 9.75. The molecule has 1 aliphatic heterocycles. The molecule has 0 amide bonds. The van der Waals surface area contributed by atoms with Crippen LogP contribution in [0.15, 0.2) is 58.9 Å². The molecule has 0 saturated heterocycles. The average Bonchev–Trinajstić information content (AvgIpc) is 3.27. The van der Waals surface area contributed by atoms with Crippen LogP contribution in [-0.2, 0) is 16.1 Å². The summed E-state index contributed by atoms with van der Waals surface area (Å²) in [7, 11) is 0. The zero-order valence-corrected chi connectivity index (χ0v) is 22.7. The first-order valence-corrected chi connectivity index (χ1v) is 13.6. The molecule has 10 heteroatoms. The molecule has 0 radical (unpaired) electrons. The third-order valence-electron chi connectivity index (χ3n) is 5.53. The Morgan fingerprint density at radius 1 is 1.14 bits per heavy atom. The lowest BCUT2D eigenvalue weighted by atomic mass is 9.96. The second-order valence-electron chi connectivity index (χ2n) is 8.31. The Hall–Kier alpha value is -2.68. The molecular formula is C26H28Cl2N4O3S. The number of benzene rings is 2. The number of fused-ring (bicyclic) bond motifs is 1. The minimum absolute atomic E-state index is 0.307. The molecule has 1 aliphatic rings. The molecule has 1 aromatic heterocycles. The van der Waals surface area contributed by atoms with E-state index in [1.54, 1.807) is 28.6 Å². The van der Waals surface area contributed by atoms with Crippen molar-refractivity contribution in [2.24, 2.45) is 0 Å². The van der Waals surface area contributed by atoms with Crippen molar-refractivity contribution in [3.63, 3.8) is 0 Å². The number of nitrogens with one attached hydrogen (secondary N) is 1. The Kier molecular flexibility index (Phi) is 8.82. The topological polar surface area (TPSA) is 78.3 Å². The zero-order valence-electron chi connectivity index (χ0n) is 20.4. The maximum atomic E-state index is 13.1. The third-order valence-corrected chi connectivity index (χ3v) is 7.16. The number of aromatic nitrogens is 3. The molecule has 0 fully saturated rings. The highest BCUT2D eigenvalue weighted by molar-refractivity contribution is 7.99. The highest BCUT2D eigenvalue weighted by atomic mass is 35.5. The number of esters is 1. The van der Waals surface area contributed by atoms with Crippen LogP contribution < -0.4 is 10.1 Å². The van der Waals surface area contributed by atoms with Crippen LogP contribution in [0.25, 0.3) is 0 Å². The highest BCUT2D eigenvalue weighted by Crippen LogP contribution is 2.37. The Bertz CT molecular complexity index is 1260. The van der Waals surface area contributed by atoms with E-state index in [2.05, 4.69) is 17.2 Å². The first kappa shape index (κ1) is 26.4. The van der Waals surface area contributed by atoms with Gasteiger partial charge in [0.2, 0.25) is 11.1 Å². The van der Waals surface area contributed by atoms with E-state index in [9.17, 15) is 4.79 Å². The molecule has 0 saturated carbocycles. The van der Waals surface area contributed by atoms with Gasteiger partial charge in [-0.05, 0) is 49.6 Å². The van der Waals surface area contributed by atoms with Crippen LogP contribution in [0.1, 0.15) is 50.8 Å². The molecule has 1 unspecified atom stereocenters. The van der Waals surface area contributed by atoms with Crippen molar-refractivity contribution in [3.05, 3.63) is 74.9 Å². The summed E-state index contributed by atoms with van der Waals surface area (Å²) in [6.45, 7) is 6.60. The Morgan fingerprint density at radius 3 is 2.61 bits per heavy atom. The number of anilines is 1. The van der Waals surface area contributed by atoms with E-state index >= 15 is 0 Å². The van der Waals surface area contributed by atoms with Gasteiger partial charge in [-0.15, -0.1) is 5.10 Å². The third kappa shape index (κ3) is 5.99. The molecule has 3 aromatic rings. The fourth-order valence-corrected chi connectivity index (χ4v) is 4.92. The molecule has 7 nitrogen and oxygen atoms in total. The standard InChI is InChI=1S/C26H28Cl2N4O3S/c1-4-12-34-24(33)22-16(3)29-25-30-26(36-13-5-2)31-32(25)23(22)17-7-10-20(11-8-17)35-15-18-6-9-19(27)14-21(18)28/h6-11,14,23H,4-5,12-13,15H2,1-3H3,(H,29,30,31). The van der Waals surface area contributed by atoms with Crippen LogP contribution in [0.4, 0.5) is 5.95 Å². The average molecular weight is 548 g/mol. The summed E-state index contributed by atoms with van der Waals surface area (Å²) in [6.07, 6.45) is 1.76. The van der Waals surface area contributed by atoms with Crippen LogP contribution in [0, 0.1) is 0 Å². The minimum atomic E-state index is -0.478. The van der Waals surface area contributed by atoms with Gasteiger partial charge in [-0.2, -0.15) is 4.98 Å². The lowest BCUT2D eigenvalue weighted by molar-refractivity contribution is -0.139. The Morgan fingerprint density at radius 2 is 1.92 bits per heavy atom. The normalized spacial score (nSPS) is 14.9. The number of carbonyl (C=O) groups excluding carboxylic acids is 1. The molecule has 190 valence electrons. The van der Waals surface area contributed by atoms with E-state index in [1.165, 1.54) is 0 Å². The van der Waals surface area contributed by atoms with E-state index in [4.69, 9.17) is 37.8 Å². The van der Waals surface area contributed by atoms with Crippen LogP contribution in [-0.4, -0.2) is 33.1 Å². The summed E-state index contributed by atoms with van der Waals surface area (Å²) in [6, 6.07) is 12.4. The number of rotatable bonds is 10. The predicted molar refractivity (Wildman–Crippen MR) is 144 cm³/mol. The molecule has 0 spiro atoms. The number of nitrogens with zero attached hydrogens (tertiary/aromatic N) is 3. The molecule has 36 heavy (non-hydrogen) atoms. The quantitative estimate of drug-likeness (QED) is 0.218. The van der Waals surface area contributed by atoms with Crippen molar-refractivity contribution in [3.8, 4) is 5.75 Å².